The van der Waals surface area contributed by atoms with Crippen LogP contribution in [0.25, 0.3) is 0 Å². The predicted molar refractivity (Wildman–Crippen MR) is 79.5 cm³/mol. The molecular formula is C15H24N2O3. The van der Waals surface area contributed by atoms with Crippen molar-refractivity contribution in [1.29, 1.82) is 0 Å². The van der Waals surface area contributed by atoms with Crippen molar-refractivity contribution in [3.63, 3.8) is 0 Å². The van der Waals surface area contributed by atoms with Gasteiger partial charge >= 0.3 is 0 Å². The van der Waals surface area contributed by atoms with Crippen LogP contribution >= 0.6 is 0 Å². The molecule has 0 bridgehead atoms. The van der Waals surface area contributed by atoms with Crippen LogP contribution in [-0.4, -0.2) is 22.2 Å². The summed E-state index contributed by atoms with van der Waals surface area (Å²) >= 11 is 0. The maximum Gasteiger partial charge on any atom is 0.273 e. The van der Waals surface area contributed by atoms with Gasteiger partial charge in [0.1, 0.15) is 0 Å². The van der Waals surface area contributed by atoms with E-state index in [9.17, 15) is 15.2 Å². The lowest BCUT2D eigenvalue weighted by molar-refractivity contribution is -0.385. The molecule has 0 aliphatic carbocycles. The van der Waals surface area contributed by atoms with E-state index in [0.717, 1.165) is 6.42 Å². The lowest BCUT2D eigenvalue weighted by Crippen LogP contribution is -2.37. The Morgan fingerprint density at radius 3 is 2.65 bits per heavy atom. The number of rotatable bonds is 8. The van der Waals surface area contributed by atoms with Crippen LogP contribution in [0.15, 0.2) is 24.3 Å². The fraction of sp³-hybridized carbons (Fsp3) is 0.600. The van der Waals surface area contributed by atoms with Crippen LogP contribution in [0.3, 0.4) is 0 Å². The van der Waals surface area contributed by atoms with Crippen molar-refractivity contribution in [2.24, 2.45) is 5.92 Å². The highest BCUT2D eigenvalue weighted by Crippen LogP contribution is 2.18. The van der Waals surface area contributed by atoms with Gasteiger partial charge in [-0.05, 0) is 25.7 Å². The van der Waals surface area contributed by atoms with Crippen LogP contribution in [0.1, 0.15) is 39.2 Å². The van der Waals surface area contributed by atoms with Gasteiger partial charge in [0.15, 0.2) is 0 Å². The summed E-state index contributed by atoms with van der Waals surface area (Å²) < 4.78 is 0. The number of nitro benzene ring substituents is 1. The van der Waals surface area contributed by atoms with Gasteiger partial charge in [0.05, 0.1) is 10.5 Å². The number of benzene rings is 1. The Labute approximate surface area is 120 Å². The highest BCUT2D eigenvalue weighted by atomic mass is 16.6. The Balaban J connectivity index is 2.50. The number of nitrogens with one attached hydrogen (secondary N) is 1. The Bertz CT molecular complexity index is 444. The summed E-state index contributed by atoms with van der Waals surface area (Å²) in [6, 6.07) is 6.66. The minimum Gasteiger partial charge on any atom is -0.389 e. The molecule has 0 heterocycles. The average molecular weight is 280 g/mol. The van der Waals surface area contributed by atoms with E-state index in [1.807, 2.05) is 0 Å². The largest absolute Gasteiger partial charge is 0.389 e. The second-order valence-corrected chi connectivity index (χ2v) is 5.92. The van der Waals surface area contributed by atoms with Crippen LogP contribution < -0.4 is 5.32 Å². The van der Waals surface area contributed by atoms with Crippen molar-refractivity contribution in [2.75, 3.05) is 6.54 Å². The third-order valence-corrected chi connectivity index (χ3v) is 3.27. The van der Waals surface area contributed by atoms with Crippen LogP contribution in [0, 0.1) is 16.0 Å². The van der Waals surface area contributed by atoms with Crippen molar-refractivity contribution in [1.82, 2.24) is 5.32 Å². The van der Waals surface area contributed by atoms with Gasteiger partial charge in [-0.15, -0.1) is 0 Å². The summed E-state index contributed by atoms with van der Waals surface area (Å²) in [7, 11) is 0. The molecule has 112 valence electrons. The lowest BCUT2D eigenvalue weighted by Gasteiger charge is -2.24. The van der Waals surface area contributed by atoms with Gasteiger partial charge in [-0.25, -0.2) is 0 Å². The molecule has 1 unspecified atom stereocenters. The highest BCUT2D eigenvalue weighted by molar-refractivity contribution is 5.39. The zero-order valence-electron chi connectivity index (χ0n) is 12.4. The van der Waals surface area contributed by atoms with Gasteiger partial charge in [0, 0.05) is 24.7 Å². The first-order valence-corrected chi connectivity index (χ1v) is 6.97. The molecule has 0 saturated carbocycles. The monoisotopic (exact) mass is 280 g/mol. The first kappa shape index (κ1) is 16.6. The molecule has 0 aromatic heterocycles. The summed E-state index contributed by atoms with van der Waals surface area (Å²) in [5, 5.41) is 24.2. The third-order valence-electron chi connectivity index (χ3n) is 3.27. The zero-order valence-corrected chi connectivity index (χ0v) is 12.4. The Kier molecular flexibility index (Phi) is 6.10. The molecule has 1 aromatic carbocycles. The van der Waals surface area contributed by atoms with Gasteiger partial charge in [-0.3, -0.25) is 10.1 Å². The molecule has 5 nitrogen and oxygen atoms in total. The van der Waals surface area contributed by atoms with E-state index in [-0.39, 0.29) is 10.6 Å². The molecule has 0 saturated heterocycles. The van der Waals surface area contributed by atoms with Crippen molar-refractivity contribution in [3.8, 4) is 0 Å². The van der Waals surface area contributed by atoms with E-state index in [0.29, 0.717) is 31.0 Å². The molecule has 20 heavy (non-hydrogen) atoms. The molecule has 5 heteroatoms. The van der Waals surface area contributed by atoms with Crippen molar-refractivity contribution in [3.05, 3.63) is 39.9 Å². The second-order valence-electron chi connectivity index (χ2n) is 5.92. The van der Waals surface area contributed by atoms with Crippen molar-refractivity contribution >= 4 is 5.69 Å². The number of aliphatic hydroxyl groups is 1. The van der Waals surface area contributed by atoms with Gasteiger partial charge < -0.3 is 10.4 Å². The van der Waals surface area contributed by atoms with Crippen molar-refractivity contribution in [2.45, 2.75) is 45.8 Å². The van der Waals surface area contributed by atoms with E-state index >= 15 is 0 Å². The quantitative estimate of drug-likeness (QED) is 0.567. The normalized spacial score (nSPS) is 14.2. The zero-order chi connectivity index (χ0) is 15.2. The molecule has 1 aromatic rings. The minimum absolute atomic E-state index is 0.113. The smallest absolute Gasteiger partial charge is 0.273 e. The van der Waals surface area contributed by atoms with Crippen LogP contribution in [0.4, 0.5) is 5.69 Å². The highest BCUT2D eigenvalue weighted by Gasteiger charge is 2.20. The lowest BCUT2D eigenvalue weighted by atomic mass is 9.95. The fourth-order valence-corrected chi connectivity index (χ4v) is 1.99. The van der Waals surface area contributed by atoms with E-state index in [1.54, 1.807) is 25.1 Å². The molecule has 0 fully saturated rings. The summed E-state index contributed by atoms with van der Waals surface area (Å²) in [4.78, 5) is 10.5. The number of hydrogen-bond acceptors (Lipinski definition) is 4. The Hall–Kier alpha value is -1.46. The van der Waals surface area contributed by atoms with Crippen LogP contribution in [0.2, 0.25) is 0 Å². The standard InChI is InChI=1S/C15H24N2O3/c1-12(2)8-9-15(3,18)11-16-10-13-6-4-5-7-14(13)17(19)20/h4-7,12,16,18H,8-11H2,1-3H3. The maximum absolute atomic E-state index is 10.9. The SMILES string of the molecule is CC(C)CCC(C)(O)CNCc1ccccc1[N+](=O)[O-]. The second kappa shape index (κ2) is 7.36. The number of para-hydroxylation sites is 1. The molecule has 1 rings (SSSR count). The van der Waals surface area contributed by atoms with E-state index in [1.165, 1.54) is 6.07 Å². The van der Waals surface area contributed by atoms with Gasteiger partial charge in [0.2, 0.25) is 0 Å². The molecule has 1 atom stereocenters. The first-order valence-electron chi connectivity index (χ1n) is 6.97. The predicted octanol–water partition coefficient (Wildman–Crippen LogP) is 2.87. The van der Waals surface area contributed by atoms with Crippen LogP contribution in [-0.2, 0) is 6.54 Å². The summed E-state index contributed by atoms with van der Waals surface area (Å²) in [6.07, 6.45) is 1.68. The maximum atomic E-state index is 10.9. The van der Waals surface area contributed by atoms with E-state index in [4.69, 9.17) is 0 Å². The van der Waals surface area contributed by atoms with Gasteiger partial charge in [-0.2, -0.15) is 0 Å². The average Bonchev–Trinajstić information content (AvgIpc) is 2.37. The Morgan fingerprint density at radius 2 is 2.05 bits per heavy atom. The number of hydrogen-bond donors (Lipinski definition) is 2. The summed E-state index contributed by atoms with van der Waals surface area (Å²) in [5.74, 6) is 0.552. The molecule has 0 radical (unpaired) electrons. The molecule has 0 spiro atoms. The fourth-order valence-electron chi connectivity index (χ4n) is 1.99. The molecule has 0 amide bonds. The molecule has 0 aliphatic heterocycles. The molecule has 0 aliphatic rings. The Morgan fingerprint density at radius 1 is 1.40 bits per heavy atom. The first-order chi connectivity index (χ1) is 9.32. The minimum atomic E-state index is -0.784. The van der Waals surface area contributed by atoms with Crippen LogP contribution in [0.5, 0.6) is 0 Å². The molecule has 2 N–H and O–H groups in total. The summed E-state index contributed by atoms with van der Waals surface area (Å²) in [6.45, 7) is 6.84. The van der Waals surface area contributed by atoms with E-state index in [2.05, 4.69) is 19.2 Å². The third kappa shape index (κ3) is 5.67. The summed E-state index contributed by atoms with van der Waals surface area (Å²) in [5.41, 5.74) is -0.0348. The number of nitrogens with zero attached hydrogens (tertiary/aromatic N) is 1. The molecular weight excluding hydrogens is 256 g/mol. The topological polar surface area (TPSA) is 75.4 Å². The number of nitro groups is 1. The van der Waals surface area contributed by atoms with E-state index < -0.39 is 5.60 Å². The van der Waals surface area contributed by atoms with Gasteiger partial charge in [-0.1, -0.05) is 32.0 Å². The van der Waals surface area contributed by atoms with Gasteiger partial charge in [0.25, 0.3) is 5.69 Å². The van der Waals surface area contributed by atoms with Crippen molar-refractivity contribution < 1.29 is 10.0 Å².